The minimum absolute atomic E-state index is 0.430. The molecule has 0 saturated carbocycles. The fraction of sp³-hybridized carbons (Fsp3) is 0.0909. The maximum absolute atomic E-state index is 5.75. The average Bonchev–Trinajstić information content (AvgIpc) is 2.22. The second-order valence-electron chi connectivity index (χ2n) is 3.22. The van der Waals surface area contributed by atoms with E-state index in [1.54, 1.807) is 6.07 Å². The lowest BCUT2D eigenvalue weighted by molar-refractivity contribution is 1.17. The van der Waals surface area contributed by atoms with Crippen LogP contribution in [0, 0.1) is 6.92 Å². The number of halogens is 1. The van der Waals surface area contributed by atoms with Crippen LogP contribution in [0.4, 0.5) is 11.5 Å². The van der Waals surface area contributed by atoms with Crippen molar-refractivity contribution in [3.8, 4) is 0 Å². The van der Waals surface area contributed by atoms with Crippen molar-refractivity contribution in [2.24, 2.45) is 0 Å². The maximum Gasteiger partial charge on any atom is 0.135 e. The van der Waals surface area contributed by atoms with E-state index in [2.05, 4.69) is 15.3 Å². The molecule has 1 aromatic carbocycles. The first-order valence-corrected chi connectivity index (χ1v) is 4.93. The first-order valence-electron chi connectivity index (χ1n) is 4.55. The largest absolute Gasteiger partial charge is 0.340 e. The zero-order chi connectivity index (χ0) is 10.7. The third kappa shape index (κ3) is 2.67. The van der Waals surface area contributed by atoms with Crippen LogP contribution in [0.3, 0.4) is 0 Å². The highest BCUT2D eigenvalue weighted by atomic mass is 35.5. The SMILES string of the molecule is Cc1ccc(Nc2cc(Cl)ncn2)cc1. The Morgan fingerprint density at radius 3 is 2.53 bits per heavy atom. The molecule has 0 saturated heterocycles. The Hall–Kier alpha value is -1.61. The first kappa shape index (κ1) is 9.93. The lowest BCUT2D eigenvalue weighted by Crippen LogP contribution is -1.93. The number of aromatic nitrogens is 2. The zero-order valence-electron chi connectivity index (χ0n) is 8.24. The van der Waals surface area contributed by atoms with E-state index < -0.39 is 0 Å². The van der Waals surface area contributed by atoms with Crippen LogP contribution in [0.5, 0.6) is 0 Å². The summed E-state index contributed by atoms with van der Waals surface area (Å²) in [6, 6.07) is 9.73. The Bertz CT molecular complexity index is 454. The molecule has 1 N–H and O–H groups in total. The summed E-state index contributed by atoms with van der Waals surface area (Å²) >= 11 is 5.75. The van der Waals surface area contributed by atoms with Gasteiger partial charge >= 0.3 is 0 Å². The molecular formula is C11H10ClN3. The van der Waals surface area contributed by atoms with Crippen molar-refractivity contribution in [1.29, 1.82) is 0 Å². The van der Waals surface area contributed by atoms with Crippen molar-refractivity contribution >= 4 is 23.1 Å². The molecule has 0 aliphatic rings. The second kappa shape index (κ2) is 4.28. The normalized spacial score (nSPS) is 10.0. The molecule has 0 aliphatic carbocycles. The van der Waals surface area contributed by atoms with Gasteiger partial charge in [0.2, 0.25) is 0 Å². The van der Waals surface area contributed by atoms with Gasteiger partial charge in [0, 0.05) is 11.8 Å². The molecule has 2 aromatic rings. The number of aryl methyl sites for hydroxylation is 1. The van der Waals surface area contributed by atoms with E-state index in [9.17, 15) is 0 Å². The van der Waals surface area contributed by atoms with Gasteiger partial charge in [-0.2, -0.15) is 0 Å². The minimum Gasteiger partial charge on any atom is -0.340 e. The Labute approximate surface area is 93.1 Å². The van der Waals surface area contributed by atoms with Crippen LogP contribution >= 0.6 is 11.6 Å². The predicted octanol–water partition coefficient (Wildman–Crippen LogP) is 3.18. The molecule has 0 atom stereocenters. The molecular weight excluding hydrogens is 210 g/mol. The van der Waals surface area contributed by atoms with Crippen molar-refractivity contribution in [2.75, 3.05) is 5.32 Å². The van der Waals surface area contributed by atoms with Gasteiger partial charge in [0.25, 0.3) is 0 Å². The molecule has 15 heavy (non-hydrogen) atoms. The van der Waals surface area contributed by atoms with Crippen LogP contribution in [0.25, 0.3) is 0 Å². The van der Waals surface area contributed by atoms with Crippen LogP contribution in [0.15, 0.2) is 36.7 Å². The van der Waals surface area contributed by atoms with Crippen molar-refractivity contribution in [2.45, 2.75) is 6.92 Å². The smallest absolute Gasteiger partial charge is 0.135 e. The van der Waals surface area contributed by atoms with Crippen LogP contribution in [0.1, 0.15) is 5.56 Å². The van der Waals surface area contributed by atoms with E-state index in [0.29, 0.717) is 11.0 Å². The van der Waals surface area contributed by atoms with E-state index in [0.717, 1.165) is 5.69 Å². The third-order valence-electron chi connectivity index (χ3n) is 1.96. The van der Waals surface area contributed by atoms with Crippen molar-refractivity contribution in [1.82, 2.24) is 9.97 Å². The van der Waals surface area contributed by atoms with E-state index in [4.69, 9.17) is 11.6 Å². The molecule has 1 heterocycles. The van der Waals surface area contributed by atoms with Crippen LogP contribution in [-0.4, -0.2) is 9.97 Å². The molecule has 0 fully saturated rings. The standard InChI is InChI=1S/C11H10ClN3/c1-8-2-4-9(5-3-8)15-11-6-10(12)13-7-14-11/h2-7H,1H3,(H,13,14,15). The van der Waals surface area contributed by atoms with Gasteiger partial charge in [-0.3, -0.25) is 0 Å². The molecule has 2 rings (SSSR count). The van der Waals surface area contributed by atoms with E-state index >= 15 is 0 Å². The number of hydrogen-bond donors (Lipinski definition) is 1. The third-order valence-corrected chi connectivity index (χ3v) is 2.16. The Balaban J connectivity index is 2.18. The lowest BCUT2D eigenvalue weighted by atomic mass is 10.2. The number of benzene rings is 1. The molecule has 0 aliphatic heterocycles. The Morgan fingerprint density at radius 1 is 1.13 bits per heavy atom. The van der Waals surface area contributed by atoms with Crippen LogP contribution in [-0.2, 0) is 0 Å². The Kier molecular flexibility index (Phi) is 2.83. The summed E-state index contributed by atoms with van der Waals surface area (Å²) in [7, 11) is 0. The number of nitrogens with zero attached hydrogens (tertiary/aromatic N) is 2. The monoisotopic (exact) mass is 219 g/mol. The van der Waals surface area contributed by atoms with Crippen LogP contribution in [0.2, 0.25) is 5.15 Å². The number of nitrogens with one attached hydrogen (secondary N) is 1. The fourth-order valence-corrected chi connectivity index (χ4v) is 1.33. The topological polar surface area (TPSA) is 37.8 Å². The van der Waals surface area contributed by atoms with Gasteiger partial charge in [-0.1, -0.05) is 29.3 Å². The molecule has 0 bridgehead atoms. The summed E-state index contributed by atoms with van der Waals surface area (Å²) in [5.41, 5.74) is 2.21. The van der Waals surface area contributed by atoms with Gasteiger partial charge in [0.05, 0.1) is 0 Å². The van der Waals surface area contributed by atoms with Crippen molar-refractivity contribution in [3.05, 3.63) is 47.4 Å². The molecule has 0 amide bonds. The predicted molar refractivity (Wildman–Crippen MR) is 61.5 cm³/mol. The van der Waals surface area contributed by atoms with Crippen LogP contribution < -0.4 is 5.32 Å². The molecule has 0 unspecified atom stereocenters. The summed E-state index contributed by atoms with van der Waals surface area (Å²) in [5.74, 6) is 0.693. The Morgan fingerprint density at radius 2 is 1.87 bits per heavy atom. The van der Waals surface area contributed by atoms with Gasteiger partial charge in [0.15, 0.2) is 0 Å². The summed E-state index contributed by atoms with van der Waals surface area (Å²) in [5, 5.41) is 3.57. The number of rotatable bonds is 2. The highest BCUT2D eigenvalue weighted by molar-refractivity contribution is 6.29. The molecule has 0 spiro atoms. The van der Waals surface area contributed by atoms with Gasteiger partial charge in [-0.05, 0) is 19.1 Å². The molecule has 4 heteroatoms. The van der Waals surface area contributed by atoms with Gasteiger partial charge in [0.1, 0.15) is 17.3 Å². The quantitative estimate of drug-likeness (QED) is 0.789. The summed E-state index contributed by atoms with van der Waals surface area (Å²) < 4.78 is 0. The molecule has 3 nitrogen and oxygen atoms in total. The maximum atomic E-state index is 5.75. The molecule has 1 aromatic heterocycles. The van der Waals surface area contributed by atoms with Crippen molar-refractivity contribution in [3.63, 3.8) is 0 Å². The van der Waals surface area contributed by atoms with E-state index in [1.165, 1.54) is 11.9 Å². The van der Waals surface area contributed by atoms with Gasteiger partial charge < -0.3 is 5.32 Å². The summed E-state index contributed by atoms with van der Waals surface area (Å²) in [6.45, 7) is 2.05. The fourth-order valence-electron chi connectivity index (χ4n) is 1.19. The lowest BCUT2D eigenvalue weighted by Gasteiger charge is -2.05. The average molecular weight is 220 g/mol. The molecule has 0 radical (unpaired) electrons. The van der Waals surface area contributed by atoms with Gasteiger partial charge in [-0.15, -0.1) is 0 Å². The summed E-state index contributed by atoms with van der Waals surface area (Å²) in [6.07, 6.45) is 1.43. The number of hydrogen-bond acceptors (Lipinski definition) is 3. The second-order valence-corrected chi connectivity index (χ2v) is 3.60. The molecule has 76 valence electrons. The van der Waals surface area contributed by atoms with E-state index in [1.807, 2.05) is 31.2 Å². The van der Waals surface area contributed by atoms with Crippen molar-refractivity contribution < 1.29 is 0 Å². The number of anilines is 2. The highest BCUT2D eigenvalue weighted by Gasteiger charge is 1.96. The van der Waals surface area contributed by atoms with E-state index in [-0.39, 0.29) is 0 Å². The first-order chi connectivity index (χ1) is 7.24. The minimum atomic E-state index is 0.430. The van der Waals surface area contributed by atoms with Gasteiger partial charge in [-0.25, -0.2) is 9.97 Å². The zero-order valence-corrected chi connectivity index (χ0v) is 8.99. The summed E-state index contributed by atoms with van der Waals surface area (Å²) in [4.78, 5) is 7.86. The highest BCUT2D eigenvalue weighted by Crippen LogP contribution is 2.16.